The molecule has 0 radical (unpaired) electrons. The molecule has 19 heavy (non-hydrogen) atoms. The Kier molecular flexibility index (Phi) is 4.32. The molecule has 1 unspecified atom stereocenters. The number of carboxylic acid groups (broad SMARTS) is 1. The van der Waals surface area contributed by atoms with Crippen LogP contribution in [0, 0.1) is 0 Å². The smallest absolute Gasteiger partial charge is 0.330 e. The molecule has 0 aliphatic rings. The number of likely N-dealkylation sites (N-methyl/N-ethyl adjacent to an activating group) is 1. The maximum atomic E-state index is 11.8. The third kappa shape index (κ3) is 3.54. The van der Waals surface area contributed by atoms with Gasteiger partial charge in [0.15, 0.2) is 6.04 Å². The summed E-state index contributed by atoms with van der Waals surface area (Å²) in [4.78, 5) is 23.7. The second-order valence-corrected chi connectivity index (χ2v) is 5.51. The van der Waals surface area contributed by atoms with Crippen molar-refractivity contribution in [2.45, 2.75) is 32.2 Å². The van der Waals surface area contributed by atoms with Gasteiger partial charge in [-0.3, -0.25) is 4.79 Å². The lowest BCUT2D eigenvalue weighted by Gasteiger charge is -2.22. The molecule has 0 fully saturated rings. The fourth-order valence-electron chi connectivity index (χ4n) is 1.63. The van der Waals surface area contributed by atoms with E-state index in [1.807, 2.05) is 12.1 Å². The molecular weight excluding hydrogens is 244 g/mol. The number of nitrogens with zero attached hydrogens (tertiary/aromatic N) is 1. The largest absolute Gasteiger partial charge is 0.480 e. The lowest BCUT2D eigenvalue weighted by Crippen LogP contribution is -2.46. The van der Waals surface area contributed by atoms with Crippen molar-refractivity contribution in [3.05, 3.63) is 29.8 Å². The highest BCUT2D eigenvalue weighted by atomic mass is 16.4. The van der Waals surface area contributed by atoms with Crippen molar-refractivity contribution in [3.63, 3.8) is 0 Å². The molecule has 0 saturated carbocycles. The maximum absolute atomic E-state index is 11.8. The molecule has 1 aromatic carbocycles. The van der Waals surface area contributed by atoms with Crippen LogP contribution in [0.5, 0.6) is 0 Å². The van der Waals surface area contributed by atoms with Crippen LogP contribution in [0.2, 0.25) is 0 Å². The van der Waals surface area contributed by atoms with Gasteiger partial charge >= 0.3 is 5.97 Å². The SMILES string of the molecule is CN(C(=O)C(N)C(=O)O)c1ccc(C(C)(C)C)cc1. The summed E-state index contributed by atoms with van der Waals surface area (Å²) < 4.78 is 0. The third-order valence-corrected chi connectivity index (χ3v) is 2.98. The van der Waals surface area contributed by atoms with Crippen LogP contribution in [-0.2, 0) is 15.0 Å². The minimum Gasteiger partial charge on any atom is -0.480 e. The highest BCUT2D eigenvalue weighted by Crippen LogP contribution is 2.24. The number of benzene rings is 1. The number of aliphatic carboxylic acids is 1. The minimum absolute atomic E-state index is 0.0264. The van der Waals surface area contributed by atoms with Crippen molar-refractivity contribution in [1.29, 1.82) is 0 Å². The lowest BCUT2D eigenvalue weighted by atomic mass is 9.87. The van der Waals surface area contributed by atoms with Crippen LogP contribution < -0.4 is 10.6 Å². The quantitative estimate of drug-likeness (QED) is 0.807. The zero-order valence-corrected chi connectivity index (χ0v) is 11.7. The van der Waals surface area contributed by atoms with E-state index in [-0.39, 0.29) is 5.41 Å². The number of rotatable bonds is 3. The Morgan fingerprint density at radius 1 is 1.21 bits per heavy atom. The summed E-state index contributed by atoms with van der Waals surface area (Å²) in [7, 11) is 1.51. The molecule has 0 aliphatic heterocycles. The maximum Gasteiger partial charge on any atom is 0.330 e. The average Bonchev–Trinajstić information content (AvgIpc) is 2.35. The summed E-state index contributed by atoms with van der Waals surface area (Å²) in [5.74, 6) is -1.97. The number of carbonyl (C=O) groups is 2. The van der Waals surface area contributed by atoms with Crippen molar-refractivity contribution in [1.82, 2.24) is 0 Å². The number of anilines is 1. The van der Waals surface area contributed by atoms with Crippen LogP contribution in [0.25, 0.3) is 0 Å². The molecule has 1 atom stereocenters. The van der Waals surface area contributed by atoms with Crippen LogP contribution in [0.3, 0.4) is 0 Å². The van der Waals surface area contributed by atoms with Gasteiger partial charge in [-0.25, -0.2) is 4.79 Å². The summed E-state index contributed by atoms with van der Waals surface area (Å²) in [6, 6.07) is 5.88. The molecule has 3 N–H and O–H groups in total. The number of carboxylic acids is 1. The molecular formula is C14H20N2O3. The fourth-order valence-corrected chi connectivity index (χ4v) is 1.63. The Balaban J connectivity index is 2.93. The Morgan fingerprint density at radius 3 is 2.05 bits per heavy atom. The first-order valence-electron chi connectivity index (χ1n) is 6.01. The van der Waals surface area contributed by atoms with Gasteiger partial charge in [0.2, 0.25) is 0 Å². The molecule has 5 heteroatoms. The van der Waals surface area contributed by atoms with E-state index in [9.17, 15) is 9.59 Å². The molecule has 104 valence electrons. The molecule has 5 nitrogen and oxygen atoms in total. The number of carbonyl (C=O) groups excluding carboxylic acids is 1. The molecule has 0 heterocycles. The van der Waals surface area contributed by atoms with E-state index in [0.29, 0.717) is 5.69 Å². The highest BCUT2D eigenvalue weighted by molar-refractivity contribution is 6.08. The molecule has 0 aromatic heterocycles. The topological polar surface area (TPSA) is 83.6 Å². The summed E-state index contributed by atoms with van der Waals surface area (Å²) in [6.45, 7) is 6.28. The Hall–Kier alpha value is -1.88. The second kappa shape index (κ2) is 5.40. The average molecular weight is 264 g/mol. The number of hydrogen-bond donors (Lipinski definition) is 2. The van der Waals surface area contributed by atoms with E-state index in [4.69, 9.17) is 10.8 Å². The van der Waals surface area contributed by atoms with Crippen molar-refractivity contribution in [2.75, 3.05) is 11.9 Å². The normalized spacial score (nSPS) is 12.9. The van der Waals surface area contributed by atoms with E-state index >= 15 is 0 Å². The Labute approximate surface area is 113 Å². The van der Waals surface area contributed by atoms with Gasteiger partial charge < -0.3 is 15.7 Å². The number of hydrogen-bond acceptors (Lipinski definition) is 3. The van der Waals surface area contributed by atoms with Gasteiger partial charge in [-0.15, -0.1) is 0 Å². The van der Waals surface area contributed by atoms with Crippen molar-refractivity contribution < 1.29 is 14.7 Å². The van der Waals surface area contributed by atoms with Gasteiger partial charge in [-0.2, -0.15) is 0 Å². The molecule has 0 aliphatic carbocycles. The second-order valence-electron chi connectivity index (χ2n) is 5.51. The van der Waals surface area contributed by atoms with Gasteiger partial charge in [0.1, 0.15) is 0 Å². The van der Waals surface area contributed by atoms with Crippen LogP contribution in [0.15, 0.2) is 24.3 Å². The summed E-state index contributed by atoms with van der Waals surface area (Å²) in [5, 5.41) is 8.73. The molecule has 0 bridgehead atoms. The van der Waals surface area contributed by atoms with Crippen LogP contribution in [0.1, 0.15) is 26.3 Å². The number of nitrogens with two attached hydrogens (primary N) is 1. The third-order valence-electron chi connectivity index (χ3n) is 2.98. The van der Waals surface area contributed by atoms with E-state index in [1.165, 1.54) is 11.9 Å². The Bertz CT molecular complexity index is 474. The molecule has 1 aromatic rings. The van der Waals surface area contributed by atoms with Crippen molar-refractivity contribution >= 4 is 17.6 Å². The zero-order valence-electron chi connectivity index (χ0n) is 11.7. The highest BCUT2D eigenvalue weighted by Gasteiger charge is 2.25. The minimum atomic E-state index is -1.53. The summed E-state index contributed by atoms with van der Waals surface area (Å²) in [6.07, 6.45) is 0. The molecule has 1 rings (SSSR count). The van der Waals surface area contributed by atoms with Gasteiger partial charge in [0.05, 0.1) is 0 Å². The predicted molar refractivity (Wildman–Crippen MR) is 74.2 cm³/mol. The van der Waals surface area contributed by atoms with E-state index in [1.54, 1.807) is 12.1 Å². The van der Waals surface area contributed by atoms with E-state index in [2.05, 4.69) is 20.8 Å². The fraction of sp³-hybridized carbons (Fsp3) is 0.429. The van der Waals surface area contributed by atoms with E-state index in [0.717, 1.165) is 5.56 Å². The molecule has 0 saturated heterocycles. The zero-order chi connectivity index (χ0) is 14.8. The van der Waals surface area contributed by atoms with Gasteiger partial charge in [-0.1, -0.05) is 32.9 Å². The first-order valence-corrected chi connectivity index (χ1v) is 6.01. The predicted octanol–water partition coefficient (Wildman–Crippen LogP) is 1.36. The van der Waals surface area contributed by atoms with Crippen LogP contribution >= 0.6 is 0 Å². The van der Waals surface area contributed by atoms with Gasteiger partial charge in [-0.05, 0) is 23.1 Å². The molecule has 0 spiro atoms. The van der Waals surface area contributed by atoms with E-state index < -0.39 is 17.9 Å². The van der Waals surface area contributed by atoms with Crippen molar-refractivity contribution in [2.24, 2.45) is 5.73 Å². The monoisotopic (exact) mass is 264 g/mol. The molecule has 1 amide bonds. The first kappa shape index (κ1) is 15.2. The van der Waals surface area contributed by atoms with Crippen molar-refractivity contribution in [3.8, 4) is 0 Å². The van der Waals surface area contributed by atoms with Gasteiger partial charge in [0, 0.05) is 12.7 Å². The first-order chi connectivity index (χ1) is 8.64. The van der Waals surface area contributed by atoms with Gasteiger partial charge in [0.25, 0.3) is 5.91 Å². The standard InChI is InChI=1S/C14H20N2O3/c1-14(2,3)9-5-7-10(8-6-9)16(4)12(17)11(15)13(18)19/h5-8,11H,15H2,1-4H3,(H,18,19). The number of amides is 1. The summed E-state index contributed by atoms with van der Waals surface area (Å²) >= 11 is 0. The van der Waals surface area contributed by atoms with Crippen LogP contribution in [0.4, 0.5) is 5.69 Å². The lowest BCUT2D eigenvalue weighted by molar-refractivity contribution is -0.142. The summed E-state index contributed by atoms with van der Waals surface area (Å²) in [5.41, 5.74) is 7.09. The Morgan fingerprint density at radius 2 is 1.68 bits per heavy atom. The van der Waals surface area contributed by atoms with Crippen LogP contribution in [-0.4, -0.2) is 30.1 Å².